The van der Waals surface area contributed by atoms with Crippen LogP contribution in [0.5, 0.6) is 0 Å². The Balaban J connectivity index is 3.03. The Morgan fingerprint density at radius 1 is 1.54 bits per heavy atom. The molecule has 0 saturated carbocycles. The van der Waals surface area contributed by atoms with Gasteiger partial charge >= 0.3 is 0 Å². The Bertz CT molecular complexity index is 388. The highest BCUT2D eigenvalue weighted by molar-refractivity contribution is 6.04. The van der Waals surface area contributed by atoms with Gasteiger partial charge in [0.25, 0.3) is 0 Å². The SMILES string of the molecule is N#Cc1cccc(C(=O)/C=C/O)c1. The van der Waals surface area contributed by atoms with Crippen LogP contribution in [0.1, 0.15) is 15.9 Å². The van der Waals surface area contributed by atoms with E-state index < -0.39 is 0 Å². The van der Waals surface area contributed by atoms with Crippen molar-refractivity contribution in [1.82, 2.24) is 0 Å². The maximum absolute atomic E-state index is 11.2. The number of allylic oxidation sites excluding steroid dienone is 1. The molecule has 3 nitrogen and oxygen atoms in total. The summed E-state index contributed by atoms with van der Waals surface area (Å²) in [7, 11) is 0. The first-order valence-corrected chi connectivity index (χ1v) is 3.63. The number of benzene rings is 1. The van der Waals surface area contributed by atoms with Crippen molar-refractivity contribution in [1.29, 1.82) is 5.26 Å². The molecular weight excluding hydrogens is 166 g/mol. The molecule has 13 heavy (non-hydrogen) atoms. The molecule has 0 spiro atoms. The predicted octanol–water partition coefficient (Wildman–Crippen LogP) is 1.81. The van der Waals surface area contributed by atoms with E-state index in [0.29, 0.717) is 17.4 Å². The first kappa shape index (κ1) is 9.01. The lowest BCUT2D eigenvalue weighted by atomic mass is 10.1. The molecule has 0 fully saturated rings. The molecule has 0 heterocycles. The number of hydrogen-bond acceptors (Lipinski definition) is 3. The van der Waals surface area contributed by atoms with E-state index in [-0.39, 0.29) is 5.78 Å². The van der Waals surface area contributed by atoms with Gasteiger partial charge in [0, 0.05) is 11.6 Å². The fraction of sp³-hybridized carbons (Fsp3) is 0. The third-order valence-electron chi connectivity index (χ3n) is 1.50. The van der Waals surface area contributed by atoms with E-state index in [4.69, 9.17) is 10.4 Å². The number of carbonyl (C=O) groups excluding carboxylic acids is 1. The van der Waals surface area contributed by atoms with Crippen molar-refractivity contribution in [3.8, 4) is 6.07 Å². The summed E-state index contributed by atoms with van der Waals surface area (Å²) < 4.78 is 0. The normalized spacial score (nSPS) is 9.77. The third-order valence-corrected chi connectivity index (χ3v) is 1.50. The van der Waals surface area contributed by atoms with Crippen LogP contribution in [0.15, 0.2) is 36.6 Å². The van der Waals surface area contributed by atoms with Crippen LogP contribution in [-0.2, 0) is 0 Å². The monoisotopic (exact) mass is 173 g/mol. The number of rotatable bonds is 2. The lowest BCUT2D eigenvalue weighted by molar-refractivity contribution is 0.104. The first-order chi connectivity index (χ1) is 6.27. The van der Waals surface area contributed by atoms with Gasteiger partial charge in [0.2, 0.25) is 0 Å². The molecule has 1 N–H and O–H groups in total. The van der Waals surface area contributed by atoms with Crippen molar-refractivity contribution in [3.63, 3.8) is 0 Å². The molecular formula is C10H7NO2. The van der Waals surface area contributed by atoms with Crippen LogP contribution in [-0.4, -0.2) is 10.9 Å². The molecule has 0 atom stereocenters. The molecule has 1 aromatic rings. The van der Waals surface area contributed by atoms with Gasteiger partial charge in [-0.05, 0) is 12.1 Å². The molecule has 1 aromatic carbocycles. The average Bonchev–Trinajstić information content (AvgIpc) is 2.18. The highest BCUT2D eigenvalue weighted by atomic mass is 16.2. The van der Waals surface area contributed by atoms with Gasteiger partial charge in [-0.2, -0.15) is 5.26 Å². The second-order valence-corrected chi connectivity index (χ2v) is 2.37. The molecule has 0 unspecified atom stereocenters. The van der Waals surface area contributed by atoms with Crippen LogP contribution in [0.25, 0.3) is 0 Å². The van der Waals surface area contributed by atoms with E-state index >= 15 is 0 Å². The highest BCUT2D eigenvalue weighted by Gasteiger charge is 2.01. The summed E-state index contributed by atoms with van der Waals surface area (Å²) in [5.74, 6) is -0.320. The van der Waals surface area contributed by atoms with Crippen molar-refractivity contribution in [2.24, 2.45) is 0 Å². The quantitative estimate of drug-likeness (QED) is 0.421. The fourth-order valence-electron chi connectivity index (χ4n) is 0.906. The van der Waals surface area contributed by atoms with Gasteiger partial charge in [-0.15, -0.1) is 0 Å². The van der Waals surface area contributed by atoms with Crippen LogP contribution >= 0.6 is 0 Å². The summed E-state index contributed by atoms with van der Waals surface area (Å²) in [6.45, 7) is 0. The standard InChI is InChI=1S/C10H7NO2/c11-7-8-2-1-3-9(6-8)10(13)4-5-12/h1-6,12H/b5-4+. The second-order valence-electron chi connectivity index (χ2n) is 2.37. The molecule has 0 amide bonds. The number of aliphatic hydroxyl groups excluding tert-OH is 1. The summed E-state index contributed by atoms with van der Waals surface area (Å²) in [6.07, 6.45) is 1.72. The topological polar surface area (TPSA) is 61.1 Å². The van der Waals surface area contributed by atoms with Crippen LogP contribution in [0.4, 0.5) is 0 Å². The number of aliphatic hydroxyl groups is 1. The lowest BCUT2D eigenvalue weighted by Gasteiger charge is -1.94. The molecule has 0 aromatic heterocycles. The fourth-order valence-corrected chi connectivity index (χ4v) is 0.906. The van der Waals surface area contributed by atoms with Gasteiger partial charge in [0.1, 0.15) is 0 Å². The molecule has 0 aliphatic heterocycles. The minimum atomic E-state index is -0.320. The van der Waals surface area contributed by atoms with Gasteiger partial charge in [0.15, 0.2) is 5.78 Å². The zero-order valence-corrected chi connectivity index (χ0v) is 6.77. The van der Waals surface area contributed by atoms with E-state index in [9.17, 15) is 4.79 Å². The summed E-state index contributed by atoms with van der Waals surface area (Å²) in [5.41, 5.74) is 0.821. The van der Waals surface area contributed by atoms with Gasteiger partial charge < -0.3 is 5.11 Å². The maximum atomic E-state index is 11.2. The Morgan fingerprint density at radius 3 is 2.92 bits per heavy atom. The molecule has 0 saturated heterocycles. The van der Waals surface area contributed by atoms with E-state index in [2.05, 4.69) is 0 Å². The highest BCUT2D eigenvalue weighted by Crippen LogP contribution is 2.05. The van der Waals surface area contributed by atoms with E-state index in [0.717, 1.165) is 6.08 Å². The molecule has 0 aliphatic carbocycles. The van der Waals surface area contributed by atoms with Crippen LogP contribution in [0.3, 0.4) is 0 Å². The van der Waals surface area contributed by atoms with Crippen molar-refractivity contribution in [2.75, 3.05) is 0 Å². The number of nitriles is 1. The summed E-state index contributed by atoms with van der Waals surface area (Å²) in [5, 5.41) is 16.9. The minimum absolute atomic E-state index is 0.320. The van der Waals surface area contributed by atoms with Gasteiger partial charge in [-0.3, -0.25) is 4.79 Å². The predicted molar refractivity (Wildman–Crippen MR) is 47.3 cm³/mol. The summed E-state index contributed by atoms with van der Waals surface area (Å²) >= 11 is 0. The number of ketones is 1. The Hall–Kier alpha value is -2.08. The van der Waals surface area contributed by atoms with Crippen LogP contribution in [0.2, 0.25) is 0 Å². The molecule has 64 valence electrons. The smallest absolute Gasteiger partial charge is 0.188 e. The second kappa shape index (κ2) is 4.07. The summed E-state index contributed by atoms with van der Waals surface area (Å²) in [6, 6.07) is 8.22. The van der Waals surface area contributed by atoms with Crippen molar-refractivity contribution in [2.45, 2.75) is 0 Å². The zero-order valence-electron chi connectivity index (χ0n) is 6.77. The van der Waals surface area contributed by atoms with Crippen molar-refractivity contribution >= 4 is 5.78 Å². The molecule has 0 radical (unpaired) electrons. The lowest BCUT2D eigenvalue weighted by Crippen LogP contribution is -1.94. The van der Waals surface area contributed by atoms with Crippen molar-refractivity contribution in [3.05, 3.63) is 47.7 Å². The number of carbonyl (C=O) groups is 1. The zero-order chi connectivity index (χ0) is 9.68. The average molecular weight is 173 g/mol. The molecule has 0 aliphatic rings. The van der Waals surface area contributed by atoms with E-state index in [1.54, 1.807) is 18.2 Å². The van der Waals surface area contributed by atoms with Gasteiger partial charge in [0.05, 0.1) is 17.9 Å². The van der Waals surface area contributed by atoms with Gasteiger partial charge in [-0.1, -0.05) is 12.1 Å². The Kier molecular flexibility index (Phi) is 2.82. The Labute approximate surface area is 75.5 Å². The van der Waals surface area contributed by atoms with Crippen LogP contribution < -0.4 is 0 Å². The third kappa shape index (κ3) is 2.17. The first-order valence-electron chi connectivity index (χ1n) is 3.63. The number of hydrogen-bond donors (Lipinski definition) is 1. The van der Waals surface area contributed by atoms with Crippen LogP contribution in [0, 0.1) is 11.3 Å². The number of nitrogens with zero attached hydrogens (tertiary/aromatic N) is 1. The van der Waals surface area contributed by atoms with Crippen molar-refractivity contribution < 1.29 is 9.90 Å². The Morgan fingerprint density at radius 2 is 2.31 bits per heavy atom. The minimum Gasteiger partial charge on any atom is -0.515 e. The largest absolute Gasteiger partial charge is 0.515 e. The van der Waals surface area contributed by atoms with Gasteiger partial charge in [-0.25, -0.2) is 0 Å². The molecule has 0 bridgehead atoms. The molecule has 3 heteroatoms. The maximum Gasteiger partial charge on any atom is 0.188 e. The van der Waals surface area contributed by atoms with E-state index in [1.165, 1.54) is 6.07 Å². The summed E-state index contributed by atoms with van der Waals surface area (Å²) in [4.78, 5) is 11.2. The molecule has 1 rings (SSSR count). The van der Waals surface area contributed by atoms with E-state index in [1.807, 2.05) is 6.07 Å².